The van der Waals surface area contributed by atoms with Crippen molar-refractivity contribution in [2.45, 2.75) is 51.6 Å². The van der Waals surface area contributed by atoms with E-state index in [-0.39, 0.29) is 28.8 Å². The Hall–Kier alpha value is -4.34. The summed E-state index contributed by atoms with van der Waals surface area (Å²) in [7, 11) is 0. The van der Waals surface area contributed by atoms with E-state index in [1.165, 1.54) is 29.3 Å². The van der Waals surface area contributed by atoms with Gasteiger partial charge in [0.05, 0.1) is 23.4 Å². The lowest BCUT2D eigenvalue weighted by molar-refractivity contribution is -0.137. The van der Waals surface area contributed by atoms with Crippen LogP contribution in [0.4, 0.5) is 18.9 Å². The Morgan fingerprint density at radius 1 is 0.927 bits per heavy atom. The fourth-order valence-corrected chi connectivity index (χ4v) is 3.78. The summed E-state index contributed by atoms with van der Waals surface area (Å²) in [4.78, 5) is 29.4. The van der Waals surface area contributed by atoms with Crippen molar-refractivity contribution in [1.29, 1.82) is 0 Å². The average Bonchev–Trinajstić information content (AvgIpc) is 2.91. The first kappa shape index (κ1) is 31.2. The number of alkyl halides is 3. The first-order valence-corrected chi connectivity index (χ1v) is 13.1. The lowest BCUT2D eigenvalue weighted by Crippen LogP contribution is -2.15. The number of aromatic carboxylic acids is 1. The number of halogens is 3. The van der Waals surface area contributed by atoms with E-state index in [2.05, 4.69) is 55.5 Å². The summed E-state index contributed by atoms with van der Waals surface area (Å²) in [6, 6.07) is 16.2. The lowest BCUT2D eigenvalue weighted by Gasteiger charge is -2.19. The molecule has 0 radical (unpaired) electrons. The number of carboxylic acid groups (broad SMARTS) is 1. The van der Waals surface area contributed by atoms with Gasteiger partial charge in [-0.3, -0.25) is 4.79 Å². The molecule has 10 heteroatoms. The SMILES string of the molecule is CC(C)(C)c1ccc(CCC=NOCCCOc2ccc(C(=O)O)c(NC(=O)c3ccc(C(F)(F)F)cc3)c2)cc1. The van der Waals surface area contributed by atoms with Gasteiger partial charge in [0, 0.05) is 24.3 Å². The molecule has 3 aromatic carbocycles. The average molecular weight is 571 g/mol. The Morgan fingerprint density at radius 2 is 1.59 bits per heavy atom. The maximum atomic E-state index is 12.8. The number of amides is 1. The number of aryl methyl sites for hydroxylation is 1. The fourth-order valence-electron chi connectivity index (χ4n) is 3.78. The first-order valence-electron chi connectivity index (χ1n) is 13.1. The number of nitrogens with zero attached hydrogens (tertiary/aromatic N) is 1. The minimum atomic E-state index is -4.53. The lowest BCUT2D eigenvalue weighted by atomic mass is 9.86. The zero-order valence-electron chi connectivity index (χ0n) is 23.1. The number of hydrogen-bond donors (Lipinski definition) is 2. The van der Waals surface area contributed by atoms with Gasteiger partial charge in [-0.2, -0.15) is 13.2 Å². The van der Waals surface area contributed by atoms with Crippen molar-refractivity contribution in [1.82, 2.24) is 0 Å². The molecule has 2 N–H and O–H groups in total. The summed E-state index contributed by atoms with van der Waals surface area (Å²) in [6.07, 6.45) is -0.727. The molecule has 7 nitrogen and oxygen atoms in total. The molecule has 0 saturated carbocycles. The van der Waals surface area contributed by atoms with Crippen LogP contribution in [0.1, 0.15) is 71.0 Å². The van der Waals surface area contributed by atoms with Crippen molar-refractivity contribution in [2.24, 2.45) is 5.16 Å². The zero-order valence-corrected chi connectivity index (χ0v) is 23.1. The number of carbonyl (C=O) groups is 2. The molecule has 0 aliphatic carbocycles. The zero-order chi connectivity index (χ0) is 30.0. The number of hydrogen-bond acceptors (Lipinski definition) is 5. The van der Waals surface area contributed by atoms with E-state index in [1.807, 2.05) is 0 Å². The molecule has 0 unspecified atom stereocenters. The van der Waals surface area contributed by atoms with Crippen molar-refractivity contribution < 1.29 is 37.4 Å². The van der Waals surface area contributed by atoms with Gasteiger partial charge in [0.25, 0.3) is 5.91 Å². The van der Waals surface area contributed by atoms with Gasteiger partial charge in [-0.1, -0.05) is 50.2 Å². The highest BCUT2D eigenvalue weighted by Gasteiger charge is 2.30. The summed E-state index contributed by atoms with van der Waals surface area (Å²) in [5.41, 5.74) is 1.44. The second-order valence-corrected chi connectivity index (χ2v) is 10.4. The van der Waals surface area contributed by atoms with E-state index in [4.69, 9.17) is 9.57 Å². The third kappa shape index (κ3) is 9.66. The van der Waals surface area contributed by atoms with Gasteiger partial charge in [-0.05, 0) is 65.8 Å². The minimum absolute atomic E-state index is 0.0474. The maximum Gasteiger partial charge on any atom is 0.416 e. The summed E-state index contributed by atoms with van der Waals surface area (Å²) in [5.74, 6) is -1.74. The van der Waals surface area contributed by atoms with Gasteiger partial charge in [-0.15, -0.1) is 0 Å². The molecule has 41 heavy (non-hydrogen) atoms. The van der Waals surface area contributed by atoms with Crippen LogP contribution >= 0.6 is 0 Å². The predicted molar refractivity (Wildman–Crippen MR) is 151 cm³/mol. The molecule has 0 bridgehead atoms. The molecule has 0 saturated heterocycles. The van der Waals surface area contributed by atoms with Crippen molar-refractivity contribution >= 4 is 23.8 Å². The van der Waals surface area contributed by atoms with E-state index < -0.39 is 23.6 Å². The molecule has 218 valence electrons. The number of oxime groups is 1. The topological polar surface area (TPSA) is 97.2 Å². The van der Waals surface area contributed by atoms with Crippen molar-refractivity contribution in [3.05, 3.63) is 94.5 Å². The number of rotatable bonds is 12. The Kier molecular flexibility index (Phi) is 10.5. The van der Waals surface area contributed by atoms with Gasteiger partial charge in [0.15, 0.2) is 0 Å². The Morgan fingerprint density at radius 3 is 2.20 bits per heavy atom. The van der Waals surface area contributed by atoms with Crippen LogP contribution in [0.25, 0.3) is 0 Å². The molecule has 0 fully saturated rings. The Balaban J connectivity index is 1.44. The predicted octanol–water partition coefficient (Wildman–Crippen LogP) is 7.36. The van der Waals surface area contributed by atoms with E-state index >= 15 is 0 Å². The molecule has 3 aromatic rings. The number of anilines is 1. The van der Waals surface area contributed by atoms with Crippen LogP contribution in [0.3, 0.4) is 0 Å². The van der Waals surface area contributed by atoms with Gasteiger partial charge < -0.3 is 20.0 Å². The highest BCUT2D eigenvalue weighted by atomic mass is 19.4. The number of ether oxygens (including phenoxy) is 1. The summed E-state index contributed by atoms with van der Waals surface area (Å²) >= 11 is 0. The Bertz CT molecular complexity index is 1350. The molecule has 1 amide bonds. The summed E-state index contributed by atoms with van der Waals surface area (Å²) < 4.78 is 44.0. The normalized spacial score (nSPS) is 11.9. The molecule has 0 aliphatic heterocycles. The molecule has 3 rings (SSSR count). The summed E-state index contributed by atoms with van der Waals surface area (Å²) in [5, 5.41) is 15.8. The second-order valence-electron chi connectivity index (χ2n) is 10.4. The van der Waals surface area contributed by atoms with Crippen molar-refractivity contribution in [2.75, 3.05) is 18.5 Å². The molecule has 0 aromatic heterocycles. The van der Waals surface area contributed by atoms with E-state index in [9.17, 15) is 27.9 Å². The van der Waals surface area contributed by atoms with Crippen LogP contribution in [0.15, 0.2) is 71.9 Å². The van der Waals surface area contributed by atoms with Gasteiger partial charge in [-0.25, -0.2) is 4.79 Å². The van der Waals surface area contributed by atoms with Crippen LogP contribution in [0.5, 0.6) is 5.75 Å². The third-order valence-electron chi connectivity index (χ3n) is 6.12. The third-order valence-corrected chi connectivity index (χ3v) is 6.12. The van der Waals surface area contributed by atoms with E-state index in [1.54, 1.807) is 6.21 Å². The van der Waals surface area contributed by atoms with Crippen LogP contribution in [-0.2, 0) is 22.8 Å². The molecule has 0 spiro atoms. The first-order chi connectivity index (χ1) is 19.3. The summed E-state index contributed by atoms with van der Waals surface area (Å²) in [6.45, 7) is 7.09. The molecule has 0 aliphatic rings. The maximum absolute atomic E-state index is 12.8. The number of benzene rings is 3. The van der Waals surface area contributed by atoms with Gasteiger partial charge >= 0.3 is 12.1 Å². The second kappa shape index (κ2) is 13.8. The molecule has 0 heterocycles. The van der Waals surface area contributed by atoms with Crippen LogP contribution < -0.4 is 10.1 Å². The van der Waals surface area contributed by atoms with Crippen molar-refractivity contribution in [3.8, 4) is 5.75 Å². The minimum Gasteiger partial charge on any atom is -0.493 e. The largest absolute Gasteiger partial charge is 0.493 e. The molecule has 0 atom stereocenters. The van der Waals surface area contributed by atoms with E-state index in [0.29, 0.717) is 18.8 Å². The Labute approximate surface area is 237 Å². The van der Waals surface area contributed by atoms with Gasteiger partial charge in [0.2, 0.25) is 0 Å². The molecular formula is C31H33F3N2O5. The van der Waals surface area contributed by atoms with Gasteiger partial charge in [0.1, 0.15) is 12.4 Å². The number of nitrogens with one attached hydrogen (secondary N) is 1. The quantitative estimate of drug-likeness (QED) is 0.135. The van der Waals surface area contributed by atoms with Crippen molar-refractivity contribution in [3.63, 3.8) is 0 Å². The van der Waals surface area contributed by atoms with Crippen LogP contribution in [0, 0.1) is 0 Å². The monoisotopic (exact) mass is 570 g/mol. The highest BCUT2D eigenvalue weighted by Crippen LogP contribution is 2.29. The van der Waals surface area contributed by atoms with Crippen LogP contribution in [0.2, 0.25) is 0 Å². The number of carbonyl (C=O) groups excluding carboxylic acids is 1. The highest BCUT2D eigenvalue weighted by molar-refractivity contribution is 6.07. The molecular weight excluding hydrogens is 537 g/mol. The van der Waals surface area contributed by atoms with E-state index in [0.717, 1.165) is 37.1 Å². The smallest absolute Gasteiger partial charge is 0.416 e. The standard InChI is InChI=1S/C31H33F3N2O5/c1-30(2,3)23-11-7-21(8-12-23)6-4-17-35-41-19-5-18-40-25-15-16-26(29(38)39)27(20-25)36-28(37)22-9-13-24(14-10-22)31(32,33)34/h7-17,20H,4-6,18-19H2,1-3H3,(H,36,37)(H,38,39). The fraction of sp³-hybridized carbons (Fsp3) is 0.323. The number of carboxylic acids is 1. The van der Waals surface area contributed by atoms with Crippen LogP contribution in [-0.4, -0.2) is 36.4 Å².